The standard InChI is InChI=1S/C8H9BrN2O2S/c9-4-3-11-7(14-4)8(1-2-8)5(10)6(12)13/h3,5H,1-2,10H2,(H,12,13). The lowest BCUT2D eigenvalue weighted by Crippen LogP contribution is -2.41. The number of aliphatic carboxylic acids is 1. The summed E-state index contributed by atoms with van der Waals surface area (Å²) in [7, 11) is 0. The van der Waals surface area contributed by atoms with E-state index in [0.717, 1.165) is 21.6 Å². The van der Waals surface area contributed by atoms with Gasteiger partial charge in [0, 0.05) is 5.41 Å². The fourth-order valence-electron chi connectivity index (χ4n) is 1.51. The lowest BCUT2D eigenvalue weighted by molar-refractivity contribution is -0.139. The molecule has 0 aliphatic heterocycles. The van der Waals surface area contributed by atoms with E-state index in [0.29, 0.717) is 0 Å². The molecule has 0 amide bonds. The zero-order valence-corrected chi connectivity index (χ0v) is 9.64. The number of aromatic nitrogens is 1. The molecule has 0 saturated heterocycles. The Morgan fingerprint density at radius 1 is 1.79 bits per heavy atom. The quantitative estimate of drug-likeness (QED) is 0.874. The van der Waals surface area contributed by atoms with Gasteiger partial charge in [-0.2, -0.15) is 0 Å². The SMILES string of the molecule is NC(C(=O)O)C1(c2ncc(Br)s2)CC1. The van der Waals surface area contributed by atoms with Gasteiger partial charge in [-0.05, 0) is 28.8 Å². The Morgan fingerprint density at radius 2 is 2.43 bits per heavy atom. The molecule has 1 unspecified atom stereocenters. The third-order valence-corrected chi connectivity index (χ3v) is 4.25. The van der Waals surface area contributed by atoms with E-state index in [9.17, 15) is 4.79 Å². The molecule has 1 saturated carbocycles. The lowest BCUT2D eigenvalue weighted by Gasteiger charge is -2.16. The average Bonchev–Trinajstić information content (AvgIpc) is 2.83. The molecule has 1 aliphatic rings. The minimum atomic E-state index is -0.950. The van der Waals surface area contributed by atoms with E-state index in [1.165, 1.54) is 11.3 Å². The maximum absolute atomic E-state index is 10.8. The van der Waals surface area contributed by atoms with E-state index >= 15 is 0 Å². The predicted molar refractivity (Wildman–Crippen MR) is 56.3 cm³/mol. The number of carboxylic acid groups (broad SMARTS) is 1. The topological polar surface area (TPSA) is 76.2 Å². The first-order chi connectivity index (χ1) is 6.56. The number of nitrogens with two attached hydrogens (primary N) is 1. The molecule has 0 bridgehead atoms. The van der Waals surface area contributed by atoms with Crippen molar-refractivity contribution in [2.45, 2.75) is 24.3 Å². The Balaban J connectivity index is 2.29. The van der Waals surface area contributed by atoms with Crippen molar-refractivity contribution in [1.29, 1.82) is 0 Å². The Hall–Kier alpha value is -0.460. The zero-order chi connectivity index (χ0) is 10.3. The zero-order valence-electron chi connectivity index (χ0n) is 7.24. The molecule has 1 atom stereocenters. The van der Waals surface area contributed by atoms with Gasteiger partial charge in [0.2, 0.25) is 0 Å². The predicted octanol–water partition coefficient (Wildman–Crippen LogP) is 1.35. The van der Waals surface area contributed by atoms with Gasteiger partial charge in [-0.1, -0.05) is 0 Å². The van der Waals surface area contributed by atoms with Gasteiger partial charge in [0.15, 0.2) is 0 Å². The van der Waals surface area contributed by atoms with Crippen LogP contribution >= 0.6 is 27.3 Å². The Bertz CT molecular complexity index is 375. The highest BCUT2D eigenvalue weighted by Gasteiger charge is 2.54. The van der Waals surface area contributed by atoms with E-state index in [1.807, 2.05) is 0 Å². The van der Waals surface area contributed by atoms with Crippen LogP contribution in [-0.4, -0.2) is 22.1 Å². The number of carboxylic acids is 1. The molecule has 0 aromatic carbocycles. The molecule has 1 aliphatic carbocycles. The van der Waals surface area contributed by atoms with Gasteiger partial charge in [-0.25, -0.2) is 4.98 Å². The fourth-order valence-corrected chi connectivity index (χ4v) is 3.01. The maximum atomic E-state index is 10.8. The first-order valence-electron chi connectivity index (χ1n) is 4.16. The summed E-state index contributed by atoms with van der Waals surface area (Å²) in [6, 6.07) is -0.833. The number of hydrogen-bond donors (Lipinski definition) is 2. The van der Waals surface area contributed by atoms with E-state index in [2.05, 4.69) is 20.9 Å². The largest absolute Gasteiger partial charge is 0.480 e. The van der Waals surface area contributed by atoms with Crippen LogP contribution in [0.15, 0.2) is 9.98 Å². The summed E-state index contributed by atoms with van der Waals surface area (Å²) < 4.78 is 0.913. The molecule has 0 spiro atoms. The second-order valence-electron chi connectivity index (χ2n) is 3.44. The van der Waals surface area contributed by atoms with E-state index in [-0.39, 0.29) is 0 Å². The molecule has 2 rings (SSSR count). The minimum Gasteiger partial charge on any atom is -0.480 e. The minimum absolute atomic E-state index is 0.400. The molecule has 1 aromatic heterocycles. The third-order valence-electron chi connectivity index (χ3n) is 2.55. The van der Waals surface area contributed by atoms with Crippen molar-refractivity contribution in [1.82, 2.24) is 4.98 Å². The van der Waals surface area contributed by atoms with Gasteiger partial charge in [0.05, 0.1) is 9.98 Å². The van der Waals surface area contributed by atoms with Gasteiger partial charge in [0.1, 0.15) is 11.0 Å². The summed E-state index contributed by atoms with van der Waals surface area (Å²) >= 11 is 4.77. The Morgan fingerprint density at radius 3 is 2.79 bits per heavy atom. The number of halogens is 1. The molecule has 3 N–H and O–H groups in total. The second kappa shape index (κ2) is 3.29. The van der Waals surface area contributed by atoms with Gasteiger partial charge in [0.25, 0.3) is 0 Å². The van der Waals surface area contributed by atoms with Crippen LogP contribution in [-0.2, 0) is 10.2 Å². The number of rotatable bonds is 3. The number of nitrogens with zero attached hydrogens (tertiary/aromatic N) is 1. The number of hydrogen-bond acceptors (Lipinski definition) is 4. The monoisotopic (exact) mass is 276 g/mol. The Kier molecular flexibility index (Phi) is 2.36. The molecular weight excluding hydrogens is 268 g/mol. The maximum Gasteiger partial charge on any atom is 0.321 e. The van der Waals surface area contributed by atoms with Gasteiger partial charge in [-0.3, -0.25) is 4.79 Å². The van der Waals surface area contributed by atoms with Crippen LogP contribution < -0.4 is 5.73 Å². The van der Waals surface area contributed by atoms with Crippen molar-refractivity contribution < 1.29 is 9.90 Å². The number of thiazole rings is 1. The van der Waals surface area contributed by atoms with Crippen LogP contribution in [0.25, 0.3) is 0 Å². The van der Waals surface area contributed by atoms with Gasteiger partial charge >= 0.3 is 5.97 Å². The van der Waals surface area contributed by atoms with Crippen molar-refractivity contribution in [3.63, 3.8) is 0 Å². The highest BCUT2D eigenvalue weighted by molar-refractivity contribution is 9.11. The van der Waals surface area contributed by atoms with Crippen LogP contribution in [0.4, 0.5) is 0 Å². The lowest BCUT2D eigenvalue weighted by atomic mass is 9.98. The van der Waals surface area contributed by atoms with Gasteiger partial charge in [-0.15, -0.1) is 11.3 Å². The first kappa shape index (κ1) is 10.1. The highest BCUT2D eigenvalue weighted by Crippen LogP contribution is 2.51. The third kappa shape index (κ3) is 1.47. The normalized spacial score (nSPS) is 20.4. The van der Waals surface area contributed by atoms with Gasteiger partial charge < -0.3 is 10.8 Å². The van der Waals surface area contributed by atoms with Crippen LogP contribution in [0, 0.1) is 0 Å². The summed E-state index contributed by atoms with van der Waals surface area (Å²) in [5.74, 6) is -0.950. The molecule has 0 radical (unpaired) electrons. The van der Waals surface area contributed by atoms with E-state index in [4.69, 9.17) is 10.8 Å². The molecule has 14 heavy (non-hydrogen) atoms. The smallest absolute Gasteiger partial charge is 0.321 e. The molecular formula is C8H9BrN2O2S. The van der Waals surface area contributed by atoms with E-state index in [1.54, 1.807) is 6.20 Å². The first-order valence-corrected chi connectivity index (χ1v) is 5.77. The molecule has 1 aromatic rings. The van der Waals surface area contributed by atoms with Crippen molar-refractivity contribution in [2.24, 2.45) is 5.73 Å². The summed E-state index contributed by atoms with van der Waals surface area (Å²) in [5.41, 5.74) is 5.25. The number of carbonyl (C=O) groups is 1. The van der Waals surface area contributed by atoms with Crippen LogP contribution in [0.5, 0.6) is 0 Å². The highest BCUT2D eigenvalue weighted by atomic mass is 79.9. The second-order valence-corrected chi connectivity index (χ2v) is 5.85. The van der Waals surface area contributed by atoms with Crippen LogP contribution in [0.2, 0.25) is 0 Å². The summed E-state index contributed by atoms with van der Waals surface area (Å²) in [6.07, 6.45) is 3.33. The van der Waals surface area contributed by atoms with Crippen LogP contribution in [0.1, 0.15) is 17.8 Å². The van der Waals surface area contributed by atoms with Crippen LogP contribution in [0.3, 0.4) is 0 Å². The fraction of sp³-hybridized carbons (Fsp3) is 0.500. The molecule has 4 nitrogen and oxygen atoms in total. The van der Waals surface area contributed by atoms with E-state index < -0.39 is 17.4 Å². The summed E-state index contributed by atoms with van der Waals surface area (Å²) in [4.78, 5) is 15.0. The molecule has 1 heterocycles. The Labute approximate surface area is 93.3 Å². The molecule has 6 heteroatoms. The molecule has 76 valence electrons. The average molecular weight is 277 g/mol. The molecule has 1 fully saturated rings. The van der Waals surface area contributed by atoms with Crippen molar-refractivity contribution in [3.8, 4) is 0 Å². The summed E-state index contributed by atoms with van der Waals surface area (Å²) in [6.45, 7) is 0. The van der Waals surface area contributed by atoms with Crippen molar-refractivity contribution in [2.75, 3.05) is 0 Å². The van der Waals surface area contributed by atoms with Crippen molar-refractivity contribution in [3.05, 3.63) is 15.0 Å². The summed E-state index contributed by atoms with van der Waals surface area (Å²) in [5, 5.41) is 9.70. The van der Waals surface area contributed by atoms with Crippen molar-refractivity contribution >= 4 is 33.2 Å².